The number of aromatic nitrogens is 3. The summed E-state index contributed by atoms with van der Waals surface area (Å²) in [5.74, 6) is -0.754. The van der Waals surface area contributed by atoms with E-state index in [2.05, 4.69) is 20.5 Å². The molecule has 2 atom stereocenters. The summed E-state index contributed by atoms with van der Waals surface area (Å²) < 4.78 is 0. The Morgan fingerprint density at radius 3 is 2.63 bits per heavy atom. The molecule has 1 aromatic rings. The minimum absolute atomic E-state index is 0.0416. The molecule has 1 heterocycles. The summed E-state index contributed by atoms with van der Waals surface area (Å²) in [4.78, 5) is 15.3. The average molecular weight is 262 g/mol. The van der Waals surface area contributed by atoms with Gasteiger partial charge in [-0.1, -0.05) is 26.0 Å². The van der Waals surface area contributed by atoms with E-state index in [1.165, 1.54) is 0 Å². The Morgan fingerprint density at radius 1 is 1.32 bits per heavy atom. The highest BCUT2D eigenvalue weighted by molar-refractivity contribution is 5.73. The molecule has 0 aliphatic heterocycles. The van der Waals surface area contributed by atoms with Gasteiger partial charge in [0.1, 0.15) is 0 Å². The fourth-order valence-electron chi connectivity index (χ4n) is 2.15. The van der Waals surface area contributed by atoms with Crippen LogP contribution >= 0.6 is 0 Å². The van der Waals surface area contributed by atoms with E-state index >= 15 is 0 Å². The molecule has 0 radical (unpaired) electrons. The van der Waals surface area contributed by atoms with Gasteiger partial charge in [0.05, 0.1) is 17.3 Å². The van der Waals surface area contributed by atoms with Crippen LogP contribution in [0.2, 0.25) is 0 Å². The Balaban J connectivity index is 2.05. The smallest absolute Gasteiger partial charge is 0.310 e. The van der Waals surface area contributed by atoms with Crippen LogP contribution in [0.3, 0.4) is 0 Å². The van der Waals surface area contributed by atoms with Crippen LogP contribution in [0.1, 0.15) is 31.7 Å². The fraction of sp³-hybridized carbons (Fsp3) is 0.538. The number of anilines is 1. The molecule has 2 N–H and O–H groups in total. The first-order valence-corrected chi connectivity index (χ1v) is 6.54. The number of carboxylic acid groups (broad SMARTS) is 1. The first-order valence-electron chi connectivity index (χ1n) is 6.54. The number of carboxylic acids is 1. The van der Waals surface area contributed by atoms with Gasteiger partial charge in [0.2, 0.25) is 5.95 Å². The summed E-state index contributed by atoms with van der Waals surface area (Å²) >= 11 is 0. The molecule has 0 spiro atoms. The molecule has 1 aromatic heterocycles. The molecule has 0 fully saturated rings. The topological polar surface area (TPSA) is 88.0 Å². The van der Waals surface area contributed by atoms with Gasteiger partial charge >= 0.3 is 5.97 Å². The second-order valence-electron chi connectivity index (χ2n) is 4.55. The predicted octanol–water partition coefficient (Wildman–Crippen LogP) is 1.44. The number of hydrogen-bond acceptors (Lipinski definition) is 5. The molecule has 1 aliphatic carbocycles. The minimum Gasteiger partial charge on any atom is -0.481 e. The van der Waals surface area contributed by atoms with Crippen molar-refractivity contribution in [3.8, 4) is 0 Å². The lowest BCUT2D eigenvalue weighted by Crippen LogP contribution is -2.21. The second-order valence-corrected chi connectivity index (χ2v) is 4.55. The SMILES string of the molecule is CCc1nnc(NC2C=CC(C(=O)O)C2)nc1CC. The van der Waals surface area contributed by atoms with Crippen molar-refractivity contribution in [2.45, 2.75) is 39.2 Å². The predicted molar refractivity (Wildman–Crippen MR) is 70.9 cm³/mol. The van der Waals surface area contributed by atoms with E-state index in [4.69, 9.17) is 5.11 Å². The van der Waals surface area contributed by atoms with Crippen LogP contribution in [0.5, 0.6) is 0 Å². The summed E-state index contributed by atoms with van der Waals surface area (Å²) in [5, 5.41) is 20.2. The third kappa shape index (κ3) is 3.07. The van der Waals surface area contributed by atoms with Gasteiger partial charge in [0.25, 0.3) is 0 Å². The highest BCUT2D eigenvalue weighted by Gasteiger charge is 2.24. The van der Waals surface area contributed by atoms with Crippen molar-refractivity contribution >= 4 is 11.9 Å². The van der Waals surface area contributed by atoms with Crippen LogP contribution in [0.25, 0.3) is 0 Å². The van der Waals surface area contributed by atoms with Gasteiger partial charge in [-0.2, -0.15) is 5.10 Å². The Morgan fingerprint density at radius 2 is 2.05 bits per heavy atom. The zero-order valence-corrected chi connectivity index (χ0v) is 11.1. The minimum atomic E-state index is -0.796. The molecule has 0 aromatic carbocycles. The molecular weight excluding hydrogens is 244 g/mol. The number of hydrogen-bond donors (Lipinski definition) is 2. The molecule has 0 bridgehead atoms. The summed E-state index contributed by atoms with van der Waals surface area (Å²) in [6, 6.07) is -0.0416. The van der Waals surface area contributed by atoms with Gasteiger partial charge in [0.15, 0.2) is 0 Å². The Kier molecular flexibility index (Phi) is 4.09. The van der Waals surface area contributed by atoms with E-state index < -0.39 is 11.9 Å². The van der Waals surface area contributed by atoms with Crippen molar-refractivity contribution in [3.05, 3.63) is 23.5 Å². The van der Waals surface area contributed by atoms with Gasteiger partial charge < -0.3 is 10.4 Å². The van der Waals surface area contributed by atoms with Crippen LogP contribution in [0.15, 0.2) is 12.2 Å². The fourth-order valence-corrected chi connectivity index (χ4v) is 2.15. The zero-order chi connectivity index (χ0) is 13.8. The van der Waals surface area contributed by atoms with Crippen molar-refractivity contribution in [2.24, 2.45) is 5.92 Å². The quantitative estimate of drug-likeness (QED) is 0.781. The van der Waals surface area contributed by atoms with Crippen LogP contribution in [0.4, 0.5) is 5.95 Å². The van der Waals surface area contributed by atoms with Crippen molar-refractivity contribution in [1.82, 2.24) is 15.2 Å². The molecular formula is C13H18N4O2. The van der Waals surface area contributed by atoms with Crippen molar-refractivity contribution in [2.75, 3.05) is 5.32 Å². The molecule has 1 aliphatic rings. The van der Waals surface area contributed by atoms with Crippen LogP contribution in [-0.2, 0) is 17.6 Å². The van der Waals surface area contributed by atoms with Crippen molar-refractivity contribution < 1.29 is 9.90 Å². The maximum absolute atomic E-state index is 10.9. The number of aliphatic carboxylic acids is 1. The first kappa shape index (κ1) is 13.5. The van der Waals surface area contributed by atoms with Gasteiger partial charge in [-0.25, -0.2) is 4.98 Å². The number of carbonyl (C=O) groups is 1. The lowest BCUT2D eigenvalue weighted by molar-refractivity contribution is -0.140. The van der Waals surface area contributed by atoms with Gasteiger partial charge in [-0.05, 0) is 19.3 Å². The maximum Gasteiger partial charge on any atom is 0.310 e. The normalized spacial score (nSPS) is 21.6. The lowest BCUT2D eigenvalue weighted by atomic mass is 10.1. The molecule has 2 rings (SSSR count). The molecule has 102 valence electrons. The number of rotatable bonds is 5. The summed E-state index contributed by atoms with van der Waals surface area (Å²) in [6.45, 7) is 4.05. The van der Waals surface area contributed by atoms with Crippen LogP contribution in [-0.4, -0.2) is 32.3 Å². The molecule has 0 amide bonds. The summed E-state index contributed by atoms with van der Waals surface area (Å²) in [6.07, 6.45) is 5.70. The van der Waals surface area contributed by atoms with Crippen molar-refractivity contribution in [3.63, 3.8) is 0 Å². The van der Waals surface area contributed by atoms with Gasteiger partial charge in [-0.15, -0.1) is 5.10 Å². The zero-order valence-electron chi connectivity index (χ0n) is 11.1. The average Bonchev–Trinajstić information content (AvgIpc) is 2.87. The van der Waals surface area contributed by atoms with E-state index in [0.29, 0.717) is 12.4 Å². The third-order valence-corrected chi connectivity index (χ3v) is 3.22. The number of nitrogens with zero attached hydrogens (tertiary/aromatic N) is 3. The lowest BCUT2D eigenvalue weighted by Gasteiger charge is -2.12. The molecule has 0 saturated carbocycles. The Bertz CT molecular complexity index is 501. The molecule has 0 saturated heterocycles. The van der Waals surface area contributed by atoms with E-state index in [9.17, 15) is 4.79 Å². The van der Waals surface area contributed by atoms with Gasteiger partial charge in [0, 0.05) is 6.04 Å². The van der Waals surface area contributed by atoms with E-state index in [1.54, 1.807) is 6.08 Å². The highest BCUT2D eigenvalue weighted by Crippen LogP contribution is 2.20. The Labute approximate surface area is 112 Å². The standard InChI is InChI=1S/C13H18N4O2/c1-3-10-11(4-2)16-17-13(15-10)14-9-6-5-8(7-9)12(18)19/h5-6,8-9H,3-4,7H2,1-2H3,(H,18,19)(H,14,15,17). The van der Waals surface area contributed by atoms with E-state index in [1.807, 2.05) is 19.9 Å². The number of aryl methyl sites for hydroxylation is 2. The maximum atomic E-state index is 10.9. The van der Waals surface area contributed by atoms with Crippen LogP contribution in [0, 0.1) is 5.92 Å². The number of nitrogens with one attached hydrogen (secondary N) is 1. The van der Waals surface area contributed by atoms with Gasteiger partial charge in [-0.3, -0.25) is 4.79 Å². The Hall–Kier alpha value is -1.98. The largest absolute Gasteiger partial charge is 0.481 e. The molecule has 2 unspecified atom stereocenters. The third-order valence-electron chi connectivity index (χ3n) is 3.22. The molecule has 19 heavy (non-hydrogen) atoms. The monoisotopic (exact) mass is 262 g/mol. The van der Waals surface area contributed by atoms with E-state index in [-0.39, 0.29) is 6.04 Å². The summed E-state index contributed by atoms with van der Waals surface area (Å²) in [5.41, 5.74) is 1.86. The first-order chi connectivity index (χ1) is 9.13. The van der Waals surface area contributed by atoms with Crippen LogP contribution < -0.4 is 5.32 Å². The molecule has 6 nitrogen and oxygen atoms in total. The van der Waals surface area contributed by atoms with E-state index in [0.717, 1.165) is 24.2 Å². The van der Waals surface area contributed by atoms with Crippen molar-refractivity contribution in [1.29, 1.82) is 0 Å². The second kappa shape index (κ2) is 5.77. The summed E-state index contributed by atoms with van der Waals surface area (Å²) in [7, 11) is 0. The highest BCUT2D eigenvalue weighted by atomic mass is 16.4. The molecule has 6 heteroatoms.